The molecule has 0 bridgehead atoms. The molecule has 6 heterocycles. The third kappa shape index (κ3) is 29.5. The number of benzene rings is 3. The number of carboxylic acids is 2. The highest BCUT2D eigenvalue weighted by Gasteiger charge is 2.48. The van der Waals surface area contributed by atoms with Gasteiger partial charge in [-0.15, -0.1) is 0 Å². The number of hydrogen-bond acceptors (Lipinski definition) is 23. The number of aliphatic carboxylic acids is 2. The monoisotopic (exact) mass is 1930 g/mol. The second kappa shape index (κ2) is 50.3. The summed E-state index contributed by atoms with van der Waals surface area (Å²) in [5.74, 6) is -24.1. The van der Waals surface area contributed by atoms with E-state index in [0.717, 1.165) is 36.6 Å². The Morgan fingerprint density at radius 2 is 0.942 bits per heavy atom. The molecule has 138 heavy (non-hydrogen) atoms. The number of fused-ring (bicyclic) bond motifs is 5. The van der Waals surface area contributed by atoms with E-state index >= 15 is 38.4 Å². The number of para-hydroxylation sites is 2. The lowest BCUT2D eigenvalue weighted by Crippen LogP contribution is -2.62. The van der Waals surface area contributed by atoms with Crippen molar-refractivity contribution in [3.05, 3.63) is 108 Å². The van der Waals surface area contributed by atoms with Crippen molar-refractivity contribution in [3.8, 4) is 0 Å². The Balaban J connectivity index is 1.12. The molecule has 0 radical (unpaired) electrons. The summed E-state index contributed by atoms with van der Waals surface area (Å²) in [5.41, 5.74) is 30.4. The fourth-order valence-electron chi connectivity index (χ4n) is 17.6. The predicted octanol–water partition coefficient (Wildman–Crippen LogP) is -4.66. The normalized spacial score (nSPS) is 24.9. The summed E-state index contributed by atoms with van der Waals surface area (Å²) in [6, 6.07) is -6.36. The van der Waals surface area contributed by atoms with Crippen molar-refractivity contribution in [2.75, 3.05) is 46.8 Å². The third-order valence-electron chi connectivity index (χ3n) is 24.8. The van der Waals surface area contributed by atoms with Crippen LogP contribution in [0.5, 0.6) is 0 Å². The summed E-state index contributed by atoms with van der Waals surface area (Å²) >= 11 is 0. The molecule has 4 aliphatic heterocycles. The standard InChI is InChI=1S/C91H123FN22O24/c1-5-7-19-66-83(130)101-57(30-33-76(121)122)80(127)108-64(78(97)125)43-98-44-75(120)100-61(36-48-24-26-51(92)27-25-48)89(136)112-34-14-13-22-67(112)85(132)107-63(41-74(96)119)90(137)113-35-15-23-68(113)84(131)102-56(28-31-71(93)116)79(126)103-58(29-32-72(94)117)88(135)114-46-52(115)39-70(114)86(133)105-59(37-49-42-99-55-18-11-9-16-53(49)55)81(128)104-60(40-73(95)118)82(129)106-62(87(134)110(4)69(20-8-6-2)91(138)109(66)3)38-50-45-111(47-77(123)124)65-21-12-10-17-54(50)65/h9-12,16-18,21,24-27,42,45,52,56-64,66-70,98-99,115H,5-8,13-15,19-20,22-23,28-41,43-44,46-47H2,1-4H3,(H2,93,116)(H2,94,117)(H2,95,118)(H2,96,119)(H2,97,125)(H,100,120)(H,101,130)(H,102,131)(H,103,126)(H,104,128)(H,105,133)(H,106,129)(H,107,132)(H,108,127)(H,121,122)(H,123,124)/t52-,56+,57+,58+,59+,60+,61+,62+,63+,64+,66+,67+,68?,69+,70+/m1/s1. The molecule has 4 fully saturated rings. The van der Waals surface area contributed by atoms with Gasteiger partial charge in [-0.05, 0) is 105 Å². The zero-order chi connectivity index (χ0) is 101. The quantitative estimate of drug-likeness (QED) is 0.0224. The zero-order valence-corrected chi connectivity index (χ0v) is 77.1. The van der Waals surface area contributed by atoms with Gasteiger partial charge in [0, 0.05) is 119 Å². The highest BCUT2D eigenvalue weighted by molar-refractivity contribution is 6.03. The second-order valence-corrected chi connectivity index (χ2v) is 35.1. The summed E-state index contributed by atoms with van der Waals surface area (Å²) < 4.78 is 15.8. The molecule has 0 spiro atoms. The number of rotatable bonds is 28. The summed E-state index contributed by atoms with van der Waals surface area (Å²) in [7, 11) is 2.45. The maximum Gasteiger partial charge on any atom is 0.323 e. The average Bonchev–Trinajstić information content (AvgIpc) is 1.68. The number of unbranched alkanes of at least 4 members (excludes halogenated alkanes) is 2. The van der Waals surface area contributed by atoms with Gasteiger partial charge < -0.3 is 131 Å². The fraction of sp³-hybridized carbons (Fsp3) is 0.527. The molecule has 4 aliphatic rings. The molecule has 4 saturated heterocycles. The number of H-pyrrole nitrogens is 1. The van der Waals surface area contributed by atoms with Gasteiger partial charge >= 0.3 is 11.9 Å². The van der Waals surface area contributed by atoms with Gasteiger partial charge in [0.2, 0.25) is 112 Å². The van der Waals surface area contributed by atoms with Gasteiger partial charge in [0.1, 0.15) is 96.9 Å². The summed E-state index contributed by atoms with van der Waals surface area (Å²) in [5, 5.41) is 57.8. The van der Waals surface area contributed by atoms with Gasteiger partial charge in [0.25, 0.3) is 0 Å². The van der Waals surface area contributed by atoms with Crippen LogP contribution in [0.25, 0.3) is 21.8 Å². The molecule has 46 nitrogen and oxygen atoms in total. The lowest BCUT2D eigenvalue weighted by Gasteiger charge is -2.38. The van der Waals surface area contributed by atoms with Gasteiger partial charge in [-0.25, -0.2) is 4.39 Å². The molecule has 0 saturated carbocycles. The largest absolute Gasteiger partial charge is 0.481 e. The lowest BCUT2D eigenvalue weighted by atomic mass is 9.97. The zero-order valence-electron chi connectivity index (χ0n) is 77.1. The molecule has 24 N–H and O–H groups in total. The number of carbonyl (C=O) groups is 21. The lowest BCUT2D eigenvalue weighted by molar-refractivity contribution is -0.149. The van der Waals surface area contributed by atoms with Crippen molar-refractivity contribution in [2.45, 2.75) is 259 Å². The van der Waals surface area contributed by atoms with Crippen LogP contribution in [0.2, 0.25) is 0 Å². The van der Waals surface area contributed by atoms with Crippen LogP contribution >= 0.6 is 0 Å². The van der Waals surface area contributed by atoms with Crippen LogP contribution in [-0.4, -0.2) is 311 Å². The number of nitrogens with zero attached hydrogens (tertiary/aromatic N) is 6. The minimum absolute atomic E-state index is 0.0725. The number of aromatic nitrogens is 2. The van der Waals surface area contributed by atoms with E-state index in [2.05, 4.69) is 58.2 Å². The minimum Gasteiger partial charge on any atom is -0.481 e. The van der Waals surface area contributed by atoms with Crippen LogP contribution in [0.4, 0.5) is 4.39 Å². The third-order valence-corrected chi connectivity index (χ3v) is 24.8. The number of likely N-dealkylation sites (N-methyl/N-ethyl adjacent to an activating group) is 2. The Morgan fingerprint density at radius 1 is 0.449 bits per heavy atom. The number of piperidine rings is 1. The fourth-order valence-corrected chi connectivity index (χ4v) is 17.6. The summed E-state index contributed by atoms with van der Waals surface area (Å²) in [4.78, 5) is 309. The smallest absolute Gasteiger partial charge is 0.323 e. The first kappa shape index (κ1) is 107. The maximum absolute atomic E-state index is 15.9. The Bertz CT molecular complexity index is 5360. The van der Waals surface area contributed by atoms with Crippen molar-refractivity contribution >= 4 is 146 Å². The molecule has 9 rings (SSSR count). The number of primary amides is 5. The molecule has 1 unspecified atom stereocenters. The van der Waals surface area contributed by atoms with Gasteiger partial charge in [0.15, 0.2) is 0 Å². The maximum atomic E-state index is 15.9. The van der Waals surface area contributed by atoms with Gasteiger partial charge in [-0.1, -0.05) is 88.1 Å². The average molecular weight is 1930 g/mol. The number of carbonyl (C=O) groups excluding carboxylic acids is 19. The van der Waals surface area contributed by atoms with Crippen molar-refractivity contribution in [3.63, 3.8) is 0 Å². The number of hydrogen-bond donors (Lipinski definition) is 19. The van der Waals surface area contributed by atoms with Crippen LogP contribution < -0.4 is 81.8 Å². The summed E-state index contributed by atoms with van der Waals surface area (Å²) in [6.07, 6.45) is -4.91. The van der Waals surface area contributed by atoms with E-state index in [1.807, 2.05) is 0 Å². The number of aliphatic hydroxyl groups is 1. The van der Waals surface area contributed by atoms with Crippen molar-refractivity contribution < 1.29 is 120 Å². The van der Waals surface area contributed by atoms with E-state index in [1.165, 1.54) is 43.2 Å². The number of aliphatic hydroxyl groups excluding tert-OH is 1. The number of carboxylic acid groups (broad SMARTS) is 2. The predicted molar refractivity (Wildman–Crippen MR) is 489 cm³/mol. The van der Waals surface area contributed by atoms with E-state index in [9.17, 15) is 82.0 Å². The molecule has 5 aromatic rings. The Morgan fingerprint density at radius 3 is 1.57 bits per heavy atom. The van der Waals surface area contributed by atoms with E-state index in [0.29, 0.717) is 52.2 Å². The molecule has 748 valence electrons. The number of amides is 19. The van der Waals surface area contributed by atoms with E-state index in [1.54, 1.807) is 62.4 Å². The highest BCUT2D eigenvalue weighted by Crippen LogP contribution is 2.30. The first-order valence-electron chi connectivity index (χ1n) is 45.8. The van der Waals surface area contributed by atoms with Gasteiger partial charge in [-0.2, -0.15) is 0 Å². The van der Waals surface area contributed by atoms with Crippen LogP contribution in [-0.2, 0) is 126 Å². The molecular formula is C91H123FN22O24. The molecule has 2 aromatic heterocycles. The SMILES string of the molecule is CCCC[C@H]1C(=O)N(C)[C@@H](CCCC)C(=O)N[C@@H](CCC(=O)O)C(=O)N[C@H](C(N)=O)CNCC(=O)N[C@@H](Cc2ccc(F)cc2)C(=O)N2CCCC[C@H]2C(=O)N[C@@H](CC(N)=O)C(=O)N2CCCC2C(=O)N[C@@H](CCC(N)=O)C(=O)N[C@@H](CCC(N)=O)C(=O)N2C[C@H](O)C[C@H]2C(=O)N[C@@H](Cc2c[nH]c3ccccc23)C(=O)N[C@@H](CC(N)=O)C(=O)N[C@@H](Cc2cn(CC(=O)O)c3ccccc23)C(=O)N1C. The molecule has 0 aliphatic carbocycles. The highest BCUT2D eigenvalue weighted by atomic mass is 19.1. The molecule has 47 heteroatoms. The molecule has 15 atom stereocenters. The number of nitrogens with two attached hydrogens (primary N) is 5. The van der Waals surface area contributed by atoms with Crippen LogP contribution in [0, 0.1) is 5.82 Å². The van der Waals surface area contributed by atoms with Crippen molar-refractivity contribution in [1.29, 1.82) is 0 Å². The first-order chi connectivity index (χ1) is 65.6. The Labute approximate surface area is 792 Å². The molecule has 3 aromatic carbocycles. The van der Waals surface area contributed by atoms with Gasteiger partial charge in [0.05, 0.1) is 25.5 Å². The summed E-state index contributed by atoms with van der Waals surface area (Å²) in [6.45, 7) is 0.495. The van der Waals surface area contributed by atoms with Crippen molar-refractivity contribution in [2.24, 2.45) is 28.7 Å². The number of halogens is 1. The Kier molecular flexibility index (Phi) is 39.1. The number of aromatic amines is 1. The van der Waals surface area contributed by atoms with E-state index in [-0.39, 0.29) is 76.4 Å². The number of nitrogens with one attached hydrogen (secondary N) is 11. The first-order valence-corrected chi connectivity index (χ1v) is 45.8. The second-order valence-electron chi connectivity index (χ2n) is 35.1. The Hall–Kier alpha value is -14.5. The molecule has 19 amide bonds. The molecular weight excluding hydrogens is 1800 g/mol. The van der Waals surface area contributed by atoms with Crippen LogP contribution in [0.1, 0.15) is 159 Å². The van der Waals surface area contributed by atoms with Gasteiger partial charge in [-0.3, -0.25) is 101 Å². The topological polar surface area (TPSA) is 706 Å². The van der Waals surface area contributed by atoms with Crippen molar-refractivity contribution in [1.82, 2.24) is 87.2 Å². The minimum atomic E-state index is -2.07. The van der Waals surface area contributed by atoms with E-state index in [4.69, 9.17) is 28.7 Å². The van der Waals surface area contributed by atoms with E-state index < -0.39 is 317 Å². The van der Waals surface area contributed by atoms with Crippen LogP contribution in [0.15, 0.2) is 85.2 Å². The van der Waals surface area contributed by atoms with Crippen LogP contribution in [0.3, 0.4) is 0 Å².